The lowest BCUT2D eigenvalue weighted by Crippen LogP contribution is -2.18. The van der Waals surface area contributed by atoms with Crippen LogP contribution in [0.2, 0.25) is 0 Å². The van der Waals surface area contributed by atoms with Crippen LogP contribution in [0.3, 0.4) is 0 Å². The van der Waals surface area contributed by atoms with Gasteiger partial charge in [-0.25, -0.2) is 9.78 Å². The summed E-state index contributed by atoms with van der Waals surface area (Å²) in [5.41, 5.74) is 0.707. The third-order valence-electron chi connectivity index (χ3n) is 4.79. The zero-order valence-corrected chi connectivity index (χ0v) is 18.0. The molecule has 12 heteroatoms. The summed E-state index contributed by atoms with van der Waals surface area (Å²) in [5, 5.41) is 18.9. The van der Waals surface area contributed by atoms with E-state index >= 15 is 0 Å². The smallest absolute Gasteiger partial charge is 0.331 e. The number of amides is 1. The molecule has 166 valence electrons. The molecule has 0 saturated carbocycles. The molecule has 33 heavy (non-hydrogen) atoms. The standard InChI is InChI=1S/C21H19N9O3/c1-12(2)17-9-18(27-33-17)26-21(31)29-7-6-14-8-15(4-5-16(14)29)32-20-10-19(24-13(3)25-20)30-23-11-22-28-30/h4-12H,1-3H3,(H,26,27,31). The van der Waals surface area contributed by atoms with Gasteiger partial charge in [0.25, 0.3) is 0 Å². The number of aryl methyl sites for hydroxylation is 1. The fourth-order valence-corrected chi connectivity index (χ4v) is 3.22. The van der Waals surface area contributed by atoms with Gasteiger partial charge in [0.2, 0.25) is 5.88 Å². The Hall–Kier alpha value is -4.61. The lowest BCUT2D eigenvalue weighted by Gasteiger charge is -2.08. The molecule has 5 aromatic rings. The maximum Gasteiger partial charge on any atom is 0.331 e. The van der Waals surface area contributed by atoms with E-state index in [2.05, 4.69) is 35.9 Å². The number of hydrogen-bond donors (Lipinski definition) is 1. The summed E-state index contributed by atoms with van der Waals surface area (Å²) in [6.45, 7) is 5.72. The maximum absolute atomic E-state index is 12.7. The topological polar surface area (TPSA) is 139 Å². The van der Waals surface area contributed by atoms with Gasteiger partial charge in [-0.2, -0.15) is 4.98 Å². The molecule has 0 unspecified atom stereocenters. The quantitative estimate of drug-likeness (QED) is 0.429. The predicted octanol–water partition coefficient (Wildman–Crippen LogP) is 3.70. The minimum absolute atomic E-state index is 0.177. The van der Waals surface area contributed by atoms with E-state index in [1.807, 2.05) is 26.0 Å². The number of hydrogen-bond acceptors (Lipinski definition) is 9. The Balaban J connectivity index is 1.36. The second kappa shape index (κ2) is 8.15. The van der Waals surface area contributed by atoms with Crippen LogP contribution in [0.15, 0.2) is 53.4 Å². The number of tetrazole rings is 1. The van der Waals surface area contributed by atoms with E-state index in [-0.39, 0.29) is 11.9 Å². The van der Waals surface area contributed by atoms with Gasteiger partial charge in [-0.15, -0.1) is 15.0 Å². The molecule has 0 aliphatic heterocycles. The maximum atomic E-state index is 12.7. The van der Waals surface area contributed by atoms with Crippen molar-refractivity contribution in [2.75, 3.05) is 5.32 Å². The lowest BCUT2D eigenvalue weighted by atomic mass is 10.2. The molecular formula is C21H19N9O3. The predicted molar refractivity (Wildman–Crippen MR) is 117 cm³/mol. The Morgan fingerprint density at radius 3 is 2.79 bits per heavy atom. The molecule has 0 radical (unpaired) electrons. The van der Waals surface area contributed by atoms with Crippen molar-refractivity contribution in [1.29, 1.82) is 0 Å². The molecule has 0 aliphatic rings. The number of nitrogens with one attached hydrogen (secondary N) is 1. The molecule has 4 aromatic heterocycles. The summed E-state index contributed by atoms with van der Waals surface area (Å²) in [4.78, 5) is 22.6. The van der Waals surface area contributed by atoms with Crippen molar-refractivity contribution in [2.24, 2.45) is 0 Å². The van der Waals surface area contributed by atoms with Crippen molar-refractivity contribution < 1.29 is 14.1 Å². The fraction of sp³-hybridized carbons (Fsp3) is 0.190. The third-order valence-corrected chi connectivity index (χ3v) is 4.79. The number of carbonyl (C=O) groups is 1. The fourth-order valence-electron chi connectivity index (χ4n) is 3.22. The number of aromatic nitrogens is 8. The zero-order chi connectivity index (χ0) is 22.9. The Kier molecular flexibility index (Phi) is 5.01. The second-order valence-electron chi connectivity index (χ2n) is 7.54. The average molecular weight is 445 g/mol. The summed E-state index contributed by atoms with van der Waals surface area (Å²) in [7, 11) is 0. The monoisotopic (exact) mass is 445 g/mol. The number of rotatable bonds is 5. The molecule has 0 bridgehead atoms. The van der Waals surface area contributed by atoms with E-state index in [9.17, 15) is 4.79 Å². The van der Waals surface area contributed by atoms with Crippen molar-refractivity contribution in [1.82, 2.24) is 39.9 Å². The van der Waals surface area contributed by atoms with Crippen molar-refractivity contribution in [3.8, 4) is 17.4 Å². The molecule has 0 saturated heterocycles. The van der Waals surface area contributed by atoms with E-state index in [0.29, 0.717) is 40.4 Å². The largest absolute Gasteiger partial charge is 0.439 e. The van der Waals surface area contributed by atoms with E-state index in [1.54, 1.807) is 37.4 Å². The SMILES string of the molecule is Cc1nc(Oc2ccc3c(ccn3C(=O)Nc3cc(C(C)C)on3)c2)cc(-n2ncnn2)n1. The summed E-state index contributed by atoms with van der Waals surface area (Å²) in [5.74, 6) is 3.06. The van der Waals surface area contributed by atoms with Crippen LogP contribution in [0, 0.1) is 6.92 Å². The molecule has 1 aromatic carbocycles. The molecule has 0 spiro atoms. The van der Waals surface area contributed by atoms with E-state index in [1.165, 1.54) is 15.7 Å². The Morgan fingerprint density at radius 1 is 1.15 bits per heavy atom. The molecule has 0 aliphatic carbocycles. The zero-order valence-electron chi connectivity index (χ0n) is 18.0. The summed E-state index contributed by atoms with van der Waals surface area (Å²) in [6, 6.07) is 10.2. The van der Waals surface area contributed by atoms with Crippen molar-refractivity contribution in [3.05, 3.63) is 60.5 Å². The van der Waals surface area contributed by atoms with Gasteiger partial charge in [0.1, 0.15) is 17.3 Å². The summed E-state index contributed by atoms with van der Waals surface area (Å²) < 4.78 is 12.6. The third kappa shape index (κ3) is 4.13. The van der Waals surface area contributed by atoms with E-state index in [0.717, 1.165) is 5.39 Å². The first kappa shape index (κ1) is 20.3. The van der Waals surface area contributed by atoms with Crippen molar-refractivity contribution >= 4 is 22.8 Å². The van der Waals surface area contributed by atoms with Crippen LogP contribution in [0.5, 0.6) is 11.6 Å². The highest BCUT2D eigenvalue weighted by atomic mass is 16.5. The van der Waals surface area contributed by atoms with Crippen LogP contribution in [0.1, 0.15) is 31.4 Å². The summed E-state index contributed by atoms with van der Waals surface area (Å²) >= 11 is 0. The number of fused-ring (bicyclic) bond motifs is 1. The molecule has 5 rings (SSSR count). The van der Waals surface area contributed by atoms with Gasteiger partial charge >= 0.3 is 6.03 Å². The van der Waals surface area contributed by atoms with Crippen molar-refractivity contribution in [2.45, 2.75) is 26.7 Å². The van der Waals surface area contributed by atoms with Gasteiger partial charge in [-0.3, -0.25) is 9.88 Å². The van der Waals surface area contributed by atoms with E-state index < -0.39 is 0 Å². The molecular weight excluding hydrogens is 426 g/mol. The van der Waals surface area contributed by atoms with Gasteiger partial charge in [0, 0.05) is 29.6 Å². The van der Waals surface area contributed by atoms with Gasteiger partial charge in [0.15, 0.2) is 18.0 Å². The normalized spacial score (nSPS) is 11.3. The van der Waals surface area contributed by atoms with Crippen molar-refractivity contribution in [3.63, 3.8) is 0 Å². The first-order valence-corrected chi connectivity index (χ1v) is 10.1. The highest BCUT2D eigenvalue weighted by molar-refractivity contribution is 5.98. The van der Waals surface area contributed by atoms with Crippen LogP contribution in [0.4, 0.5) is 10.6 Å². The molecule has 4 heterocycles. The number of benzene rings is 1. The average Bonchev–Trinajstić information content (AvgIpc) is 3.53. The first-order valence-electron chi connectivity index (χ1n) is 10.1. The summed E-state index contributed by atoms with van der Waals surface area (Å²) in [6.07, 6.45) is 3.00. The van der Waals surface area contributed by atoms with Crippen LogP contribution in [-0.4, -0.2) is 45.9 Å². The minimum Gasteiger partial charge on any atom is -0.439 e. The van der Waals surface area contributed by atoms with Gasteiger partial charge in [-0.05, 0) is 36.4 Å². The number of nitrogens with zero attached hydrogens (tertiary/aromatic N) is 8. The van der Waals surface area contributed by atoms with Gasteiger partial charge in [-0.1, -0.05) is 19.0 Å². The highest BCUT2D eigenvalue weighted by Gasteiger charge is 2.14. The van der Waals surface area contributed by atoms with Gasteiger partial charge in [0.05, 0.1) is 5.52 Å². The van der Waals surface area contributed by atoms with Gasteiger partial charge < -0.3 is 9.26 Å². The van der Waals surface area contributed by atoms with E-state index in [4.69, 9.17) is 9.26 Å². The number of anilines is 1. The highest BCUT2D eigenvalue weighted by Crippen LogP contribution is 2.26. The second-order valence-corrected chi connectivity index (χ2v) is 7.54. The van der Waals surface area contributed by atoms with Crippen LogP contribution in [0.25, 0.3) is 16.7 Å². The van der Waals surface area contributed by atoms with Crippen LogP contribution < -0.4 is 10.1 Å². The number of ether oxygens (including phenoxy) is 1. The lowest BCUT2D eigenvalue weighted by molar-refractivity contribution is 0.254. The molecule has 12 nitrogen and oxygen atoms in total. The number of carbonyl (C=O) groups excluding carboxylic acids is 1. The molecule has 1 N–H and O–H groups in total. The Labute approximate surface area is 187 Å². The minimum atomic E-state index is -0.348. The molecule has 0 fully saturated rings. The van der Waals surface area contributed by atoms with Crippen LogP contribution in [-0.2, 0) is 0 Å². The molecule has 0 atom stereocenters. The Morgan fingerprint density at radius 2 is 2.03 bits per heavy atom. The Bertz CT molecular complexity index is 1440. The molecule has 1 amide bonds. The van der Waals surface area contributed by atoms with Crippen LogP contribution >= 0.6 is 0 Å². The first-order chi connectivity index (χ1) is 16.0.